The Morgan fingerprint density at radius 2 is 2.29 bits per heavy atom. The van der Waals surface area contributed by atoms with Crippen LogP contribution in [0.5, 0.6) is 0 Å². The summed E-state index contributed by atoms with van der Waals surface area (Å²) in [4.78, 5) is 2.54. The highest BCUT2D eigenvalue weighted by molar-refractivity contribution is 5.01. The fourth-order valence-electron chi connectivity index (χ4n) is 2.62. The maximum Gasteiger partial charge on any atom is 0.117 e. The minimum absolute atomic E-state index is 0.192. The predicted molar refractivity (Wildman–Crippen MR) is 69.8 cm³/mol. The molecule has 1 N–H and O–H groups in total. The number of furan rings is 1. The van der Waals surface area contributed by atoms with Gasteiger partial charge in [0.2, 0.25) is 0 Å². The second kappa shape index (κ2) is 4.83. The normalized spacial score (nSPS) is 25.4. The summed E-state index contributed by atoms with van der Waals surface area (Å²) in [6, 6.07) is 4.62. The molecule has 96 valence electrons. The molecule has 1 aromatic heterocycles. The van der Waals surface area contributed by atoms with Gasteiger partial charge in [0.15, 0.2) is 0 Å². The van der Waals surface area contributed by atoms with Gasteiger partial charge in [-0.1, -0.05) is 13.8 Å². The van der Waals surface area contributed by atoms with Gasteiger partial charge in [0.25, 0.3) is 0 Å². The molecule has 1 aromatic rings. The molecule has 0 bridgehead atoms. The van der Waals surface area contributed by atoms with E-state index in [1.165, 1.54) is 0 Å². The monoisotopic (exact) mass is 236 g/mol. The number of nitrogens with zero attached hydrogens (tertiary/aromatic N) is 1. The van der Waals surface area contributed by atoms with Crippen LogP contribution >= 0.6 is 0 Å². The van der Waals surface area contributed by atoms with Gasteiger partial charge in [-0.25, -0.2) is 0 Å². The first-order valence-electron chi connectivity index (χ1n) is 6.49. The Labute approximate surface area is 104 Å². The summed E-state index contributed by atoms with van der Waals surface area (Å²) in [5.74, 6) is 1.72. The van der Waals surface area contributed by atoms with Crippen molar-refractivity contribution in [3.8, 4) is 0 Å². The maximum absolute atomic E-state index is 5.47. The molecule has 0 radical (unpaired) electrons. The van der Waals surface area contributed by atoms with Crippen LogP contribution in [0.15, 0.2) is 22.8 Å². The third-order valence-electron chi connectivity index (χ3n) is 3.57. The van der Waals surface area contributed by atoms with Crippen LogP contribution in [0.25, 0.3) is 0 Å². The molecule has 2 rings (SSSR count). The van der Waals surface area contributed by atoms with Crippen LogP contribution < -0.4 is 5.32 Å². The lowest BCUT2D eigenvalue weighted by molar-refractivity contribution is 0.0571. The van der Waals surface area contributed by atoms with Crippen molar-refractivity contribution in [2.75, 3.05) is 13.1 Å². The summed E-state index contributed by atoms with van der Waals surface area (Å²) >= 11 is 0. The highest BCUT2D eigenvalue weighted by Crippen LogP contribution is 2.22. The Morgan fingerprint density at radius 1 is 1.53 bits per heavy atom. The number of nitrogens with one attached hydrogen (secondary N) is 1. The molecule has 0 amide bonds. The molecule has 0 aliphatic carbocycles. The zero-order valence-electron chi connectivity index (χ0n) is 11.4. The summed E-state index contributed by atoms with van der Waals surface area (Å²) in [6.45, 7) is 12.2. The third-order valence-corrected chi connectivity index (χ3v) is 3.57. The van der Waals surface area contributed by atoms with E-state index < -0.39 is 0 Å². The fraction of sp³-hybridized carbons (Fsp3) is 0.714. The van der Waals surface area contributed by atoms with Gasteiger partial charge in [0.1, 0.15) is 5.76 Å². The first-order valence-corrected chi connectivity index (χ1v) is 6.49. The number of piperazine rings is 1. The van der Waals surface area contributed by atoms with Gasteiger partial charge in [-0.3, -0.25) is 4.90 Å². The Morgan fingerprint density at radius 3 is 2.88 bits per heavy atom. The quantitative estimate of drug-likeness (QED) is 0.874. The van der Waals surface area contributed by atoms with E-state index in [1.54, 1.807) is 6.26 Å². The smallest absolute Gasteiger partial charge is 0.117 e. The lowest BCUT2D eigenvalue weighted by Crippen LogP contribution is -2.62. The molecule has 3 heteroatoms. The predicted octanol–water partition coefficient (Wildman–Crippen LogP) is 2.49. The first kappa shape index (κ1) is 12.7. The van der Waals surface area contributed by atoms with Crippen molar-refractivity contribution in [2.45, 2.75) is 45.8 Å². The van der Waals surface area contributed by atoms with E-state index in [2.05, 4.69) is 44.0 Å². The van der Waals surface area contributed by atoms with E-state index in [0.717, 1.165) is 25.4 Å². The van der Waals surface area contributed by atoms with Gasteiger partial charge in [-0.15, -0.1) is 0 Å². The van der Waals surface area contributed by atoms with Crippen LogP contribution in [0.1, 0.15) is 33.5 Å². The largest absolute Gasteiger partial charge is 0.468 e. The zero-order chi connectivity index (χ0) is 12.5. The fourth-order valence-corrected chi connectivity index (χ4v) is 2.62. The van der Waals surface area contributed by atoms with Crippen LogP contribution in [0.2, 0.25) is 0 Å². The van der Waals surface area contributed by atoms with E-state index in [4.69, 9.17) is 4.42 Å². The van der Waals surface area contributed by atoms with E-state index in [9.17, 15) is 0 Å². The van der Waals surface area contributed by atoms with Gasteiger partial charge in [0, 0.05) is 24.7 Å². The van der Waals surface area contributed by atoms with E-state index in [1.807, 2.05) is 6.07 Å². The van der Waals surface area contributed by atoms with Gasteiger partial charge < -0.3 is 9.73 Å². The second-order valence-electron chi connectivity index (χ2n) is 6.06. The molecule has 0 aromatic carbocycles. The van der Waals surface area contributed by atoms with Gasteiger partial charge in [0.05, 0.1) is 12.8 Å². The molecule has 1 fully saturated rings. The number of rotatable bonds is 3. The third kappa shape index (κ3) is 3.11. The molecule has 0 saturated carbocycles. The summed E-state index contributed by atoms with van der Waals surface area (Å²) in [7, 11) is 0. The van der Waals surface area contributed by atoms with E-state index >= 15 is 0 Å². The summed E-state index contributed by atoms with van der Waals surface area (Å²) in [5.41, 5.74) is 0.192. The summed E-state index contributed by atoms with van der Waals surface area (Å²) in [6.07, 6.45) is 1.76. The minimum Gasteiger partial charge on any atom is -0.468 e. The highest BCUT2D eigenvalue weighted by atomic mass is 16.3. The standard InChI is InChI=1S/C14H24N2O/c1-11(2)13-8-15-14(3,4)10-16(13)9-12-6-5-7-17-12/h5-7,11,13,15H,8-10H2,1-4H3. The molecule has 3 nitrogen and oxygen atoms in total. The van der Waals surface area contributed by atoms with Crippen molar-refractivity contribution in [2.24, 2.45) is 5.92 Å². The minimum atomic E-state index is 0.192. The Bertz CT molecular complexity index is 343. The van der Waals surface area contributed by atoms with Gasteiger partial charge in [-0.2, -0.15) is 0 Å². The molecule has 1 atom stereocenters. The van der Waals surface area contributed by atoms with Crippen LogP contribution in [0.3, 0.4) is 0 Å². The number of hydrogen-bond donors (Lipinski definition) is 1. The number of hydrogen-bond acceptors (Lipinski definition) is 3. The lowest BCUT2D eigenvalue weighted by atomic mass is 9.93. The first-order chi connectivity index (χ1) is 7.98. The summed E-state index contributed by atoms with van der Waals surface area (Å²) < 4.78 is 5.47. The Hall–Kier alpha value is -0.800. The molecule has 1 aliphatic rings. The average molecular weight is 236 g/mol. The molecule has 17 heavy (non-hydrogen) atoms. The van der Waals surface area contributed by atoms with Crippen molar-refractivity contribution in [3.63, 3.8) is 0 Å². The van der Waals surface area contributed by atoms with Gasteiger partial charge >= 0.3 is 0 Å². The van der Waals surface area contributed by atoms with Crippen molar-refractivity contribution < 1.29 is 4.42 Å². The molecule has 1 aliphatic heterocycles. The van der Waals surface area contributed by atoms with Crippen LogP contribution in [0.4, 0.5) is 0 Å². The van der Waals surface area contributed by atoms with Crippen LogP contribution in [-0.2, 0) is 6.54 Å². The van der Waals surface area contributed by atoms with Crippen LogP contribution in [-0.4, -0.2) is 29.6 Å². The molecule has 1 saturated heterocycles. The van der Waals surface area contributed by atoms with Gasteiger partial charge in [-0.05, 0) is 31.9 Å². The molecular weight excluding hydrogens is 212 g/mol. The zero-order valence-corrected chi connectivity index (χ0v) is 11.4. The average Bonchev–Trinajstić information content (AvgIpc) is 2.68. The molecule has 1 unspecified atom stereocenters. The van der Waals surface area contributed by atoms with Crippen molar-refractivity contribution in [1.82, 2.24) is 10.2 Å². The Kier molecular flexibility index (Phi) is 3.59. The second-order valence-corrected chi connectivity index (χ2v) is 6.06. The summed E-state index contributed by atoms with van der Waals surface area (Å²) in [5, 5.41) is 3.63. The SMILES string of the molecule is CC(C)C1CNC(C)(C)CN1Cc1ccco1. The highest BCUT2D eigenvalue weighted by Gasteiger charge is 2.34. The molecule has 0 spiro atoms. The van der Waals surface area contributed by atoms with Crippen molar-refractivity contribution in [1.29, 1.82) is 0 Å². The van der Waals surface area contributed by atoms with Crippen molar-refractivity contribution >= 4 is 0 Å². The Balaban J connectivity index is 2.08. The van der Waals surface area contributed by atoms with E-state index in [-0.39, 0.29) is 5.54 Å². The molecule has 2 heterocycles. The van der Waals surface area contributed by atoms with Crippen LogP contribution in [0, 0.1) is 5.92 Å². The van der Waals surface area contributed by atoms with Crippen molar-refractivity contribution in [3.05, 3.63) is 24.2 Å². The van der Waals surface area contributed by atoms with E-state index in [0.29, 0.717) is 12.0 Å². The topological polar surface area (TPSA) is 28.4 Å². The maximum atomic E-state index is 5.47. The molecular formula is C14H24N2O. The lowest BCUT2D eigenvalue weighted by Gasteiger charge is -2.46.